The van der Waals surface area contributed by atoms with E-state index in [-0.39, 0.29) is 12.1 Å². The predicted octanol–water partition coefficient (Wildman–Crippen LogP) is 2.40. The van der Waals surface area contributed by atoms with Crippen LogP contribution in [-0.2, 0) is 0 Å². The number of methoxy groups -OCH3 is 2. The third-order valence-electron chi connectivity index (χ3n) is 3.39. The minimum Gasteiger partial charge on any atom is -0.497 e. The summed E-state index contributed by atoms with van der Waals surface area (Å²) in [6, 6.07) is 14.8. The van der Waals surface area contributed by atoms with Crippen LogP contribution in [0.25, 0.3) is 0 Å². The molecule has 0 radical (unpaired) electrons. The van der Waals surface area contributed by atoms with Crippen LogP contribution < -0.4 is 20.9 Å². The van der Waals surface area contributed by atoms with Gasteiger partial charge in [-0.05, 0) is 35.4 Å². The maximum Gasteiger partial charge on any atom is 0.118 e. The zero-order valence-electron chi connectivity index (χ0n) is 11.7. The molecular formula is C16H20N2O2. The molecule has 4 heteroatoms. The lowest BCUT2D eigenvalue weighted by molar-refractivity contribution is 0.414. The van der Waals surface area contributed by atoms with Crippen molar-refractivity contribution in [2.45, 2.75) is 12.1 Å². The molecule has 0 heterocycles. The van der Waals surface area contributed by atoms with E-state index in [0.29, 0.717) is 0 Å². The van der Waals surface area contributed by atoms with E-state index < -0.39 is 0 Å². The van der Waals surface area contributed by atoms with Crippen LogP contribution in [0, 0.1) is 0 Å². The summed E-state index contributed by atoms with van der Waals surface area (Å²) in [5, 5.41) is 0. The average molecular weight is 272 g/mol. The van der Waals surface area contributed by atoms with Gasteiger partial charge in [0.25, 0.3) is 0 Å². The van der Waals surface area contributed by atoms with Crippen LogP contribution in [0.3, 0.4) is 0 Å². The Bertz CT molecular complexity index is 486. The highest BCUT2D eigenvalue weighted by atomic mass is 16.5. The summed E-state index contributed by atoms with van der Waals surface area (Å²) in [5.74, 6) is 1.61. The molecule has 0 aliphatic rings. The minimum atomic E-state index is -0.269. The number of ether oxygens (including phenoxy) is 2. The quantitative estimate of drug-likeness (QED) is 0.877. The average Bonchev–Trinajstić information content (AvgIpc) is 2.53. The molecule has 2 atom stereocenters. The van der Waals surface area contributed by atoms with Crippen molar-refractivity contribution in [2.24, 2.45) is 11.5 Å². The third kappa shape index (κ3) is 3.10. The van der Waals surface area contributed by atoms with Crippen LogP contribution in [0.1, 0.15) is 23.2 Å². The first kappa shape index (κ1) is 14.4. The van der Waals surface area contributed by atoms with Crippen molar-refractivity contribution in [3.8, 4) is 11.5 Å². The van der Waals surface area contributed by atoms with Gasteiger partial charge < -0.3 is 20.9 Å². The van der Waals surface area contributed by atoms with Gasteiger partial charge in [-0.3, -0.25) is 0 Å². The van der Waals surface area contributed by atoms with Crippen molar-refractivity contribution in [3.63, 3.8) is 0 Å². The fraction of sp³-hybridized carbons (Fsp3) is 0.250. The normalized spacial score (nSPS) is 13.6. The zero-order chi connectivity index (χ0) is 14.5. The Labute approximate surface area is 119 Å². The molecule has 0 saturated heterocycles. The standard InChI is InChI=1S/C16H20N2O2/c1-19-13-7-3-11(4-8-13)15(17)16(18)12-5-9-14(20-2)10-6-12/h3-10,15-16H,17-18H2,1-2H3. The molecule has 2 aromatic carbocycles. The maximum atomic E-state index is 6.24. The van der Waals surface area contributed by atoms with Gasteiger partial charge in [0, 0.05) is 12.1 Å². The number of hydrogen-bond acceptors (Lipinski definition) is 4. The topological polar surface area (TPSA) is 70.5 Å². The Morgan fingerprint density at radius 3 is 1.20 bits per heavy atom. The summed E-state index contributed by atoms with van der Waals surface area (Å²) < 4.78 is 10.3. The molecule has 4 N–H and O–H groups in total. The van der Waals surface area contributed by atoms with Crippen LogP contribution in [0.2, 0.25) is 0 Å². The summed E-state index contributed by atoms with van der Waals surface area (Å²) in [7, 11) is 3.27. The molecule has 4 nitrogen and oxygen atoms in total. The molecule has 20 heavy (non-hydrogen) atoms. The first-order valence-corrected chi connectivity index (χ1v) is 6.44. The van der Waals surface area contributed by atoms with Gasteiger partial charge in [0.2, 0.25) is 0 Å². The number of rotatable bonds is 5. The molecule has 0 fully saturated rings. The highest BCUT2D eigenvalue weighted by Crippen LogP contribution is 2.27. The van der Waals surface area contributed by atoms with E-state index in [4.69, 9.17) is 20.9 Å². The minimum absolute atomic E-state index is 0.269. The van der Waals surface area contributed by atoms with Gasteiger partial charge in [-0.2, -0.15) is 0 Å². The number of benzene rings is 2. The van der Waals surface area contributed by atoms with Gasteiger partial charge >= 0.3 is 0 Å². The van der Waals surface area contributed by atoms with Crippen LogP contribution in [0.4, 0.5) is 0 Å². The Hall–Kier alpha value is -2.04. The van der Waals surface area contributed by atoms with E-state index in [1.165, 1.54) is 0 Å². The lowest BCUT2D eigenvalue weighted by atomic mass is 9.95. The second-order valence-corrected chi connectivity index (χ2v) is 4.60. The van der Waals surface area contributed by atoms with Crippen molar-refractivity contribution in [1.29, 1.82) is 0 Å². The van der Waals surface area contributed by atoms with E-state index >= 15 is 0 Å². The van der Waals surface area contributed by atoms with Crippen molar-refractivity contribution in [1.82, 2.24) is 0 Å². The predicted molar refractivity (Wildman–Crippen MR) is 79.8 cm³/mol. The van der Waals surface area contributed by atoms with Crippen molar-refractivity contribution in [3.05, 3.63) is 59.7 Å². The molecule has 0 bridgehead atoms. The largest absolute Gasteiger partial charge is 0.497 e. The van der Waals surface area contributed by atoms with Gasteiger partial charge in [0.05, 0.1) is 14.2 Å². The molecule has 0 saturated carbocycles. The Morgan fingerprint density at radius 2 is 0.950 bits per heavy atom. The zero-order valence-corrected chi connectivity index (χ0v) is 11.7. The van der Waals surface area contributed by atoms with E-state index in [9.17, 15) is 0 Å². The van der Waals surface area contributed by atoms with E-state index in [2.05, 4.69) is 0 Å². The molecule has 2 aromatic rings. The van der Waals surface area contributed by atoms with Crippen LogP contribution >= 0.6 is 0 Å². The van der Waals surface area contributed by atoms with Gasteiger partial charge in [-0.1, -0.05) is 24.3 Å². The van der Waals surface area contributed by atoms with Crippen LogP contribution in [-0.4, -0.2) is 14.2 Å². The van der Waals surface area contributed by atoms with Crippen molar-refractivity contribution in [2.75, 3.05) is 14.2 Å². The molecule has 0 aliphatic carbocycles. The Balaban J connectivity index is 2.15. The van der Waals surface area contributed by atoms with Gasteiger partial charge in [0.15, 0.2) is 0 Å². The maximum absolute atomic E-state index is 6.24. The summed E-state index contributed by atoms with van der Waals surface area (Å²) >= 11 is 0. The molecule has 0 amide bonds. The van der Waals surface area contributed by atoms with Crippen LogP contribution in [0.15, 0.2) is 48.5 Å². The summed E-state index contributed by atoms with van der Waals surface area (Å²) in [4.78, 5) is 0. The highest BCUT2D eigenvalue weighted by Gasteiger charge is 2.17. The van der Waals surface area contributed by atoms with Gasteiger partial charge in [0.1, 0.15) is 11.5 Å². The second kappa shape index (κ2) is 6.41. The van der Waals surface area contributed by atoms with Crippen LogP contribution in [0.5, 0.6) is 11.5 Å². The second-order valence-electron chi connectivity index (χ2n) is 4.60. The monoisotopic (exact) mass is 272 g/mol. The smallest absolute Gasteiger partial charge is 0.118 e. The summed E-state index contributed by atoms with van der Waals surface area (Å²) in [6.07, 6.45) is 0. The van der Waals surface area contributed by atoms with E-state index in [1.807, 2.05) is 48.5 Å². The van der Waals surface area contributed by atoms with Gasteiger partial charge in [-0.25, -0.2) is 0 Å². The number of hydrogen-bond donors (Lipinski definition) is 2. The molecule has 2 rings (SSSR count). The highest BCUT2D eigenvalue weighted by molar-refractivity contribution is 5.34. The Kier molecular flexibility index (Phi) is 4.61. The van der Waals surface area contributed by atoms with E-state index in [0.717, 1.165) is 22.6 Å². The Morgan fingerprint density at radius 1 is 0.650 bits per heavy atom. The summed E-state index contributed by atoms with van der Waals surface area (Å²) in [5.41, 5.74) is 14.4. The fourth-order valence-electron chi connectivity index (χ4n) is 2.07. The molecule has 0 aromatic heterocycles. The molecule has 0 spiro atoms. The van der Waals surface area contributed by atoms with Gasteiger partial charge in [-0.15, -0.1) is 0 Å². The first-order valence-electron chi connectivity index (χ1n) is 6.44. The van der Waals surface area contributed by atoms with E-state index in [1.54, 1.807) is 14.2 Å². The third-order valence-corrected chi connectivity index (χ3v) is 3.39. The lowest BCUT2D eigenvalue weighted by Gasteiger charge is -2.21. The van der Waals surface area contributed by atoms with Crippen molar-refractivity contribution >= 4 is 0 Å². The SMILES string of the molecule is COc1ccc(C(N)C(N)c2ccc(OC)cc2)cc1. The molecule has 106 valence electrons. The molecular weight excluding hydrogens is 252 g/mol. The summed E-state index contributed by atoms with van der Waals surface area (Å²) in [6.45, 7) is 0. The van der Waals surface area contributed by atoms with Crippen molar-refractivity contribution < 1.29 is 9.47 Å². The number of nitrogens with two attached hydrogens (primary N) is 2. The fourth-order valence-corrected chi connectivity index (χ4v) is 2.07. The molecule has 2 unspecified atom stereocenters. The first-order chi connectivity index (χ1) is 9.65. The molecule has 0 aliphatic heterocycles. The lowest BCUT2D eigenvalue weighted by Crippen LogP contribution is -2.26.